The van der Waals surface area contributed by atoms with Crippen molar-refractivity contribution < 1.29 is 38.4 Å². The Hall–Kier alpha value is -2.31. The smallest absolute Gasteiger partial charge is 0.407 e. The molecule has 11 heteroatoms. The number of carbonyl (C=O) groups excluding carboxylic acids is 3. The summed E-state index contributed by atoms with van der Waals surface area (Å²) < 4.78 is 21.9. The summed E-state index contributed by atoms with van der Waals surface area (Å²) in [4.78, 5) is 35.9. The molecular formula is C26H43N3O8. The summed E-state index contributed by atoms with van der Waals surface area (Å²) in [5.74, 6) is -0.687. The highest BCUT2D eigenvalue weighted by Crippen LogP contribution is 2.15. The topological polar surface area (TPSA) is 136 Å². The number of hydrogen-bond acceptors (Lipinski definition) is 9. The Bertz CT molecular complexity index is 713. The van der Waals surface area contributed by atoms with Crippen molar-refractivity contribution in [1.82, 2.24) is 15.5 Å². The molecule has 0 bridgehead atoms. The molecule has 2 atom stereocenters. The number of allylic oxidation sites excluding steroid dienone is 2. The molecule has 2 aliphatic rings. The van der Waals surface area contributed by atoms with Gasteiger partial charge in [0.25, 0.3) is 11.8 Å². The van der Waals surface area contributed by atoms with Gasteiger partial charge in [0, 0.05) is 44.9 Å². The normalized spacial score (nSPS) is 19.5. The van der Waals surface area contributed by atoms with E-state index in [0.717, 1.165) is 37.0 Å². The van der Waals surface area contributed by atoms with Crippen molar-refractivity contribution in [3.63, 3.8) is 0 Å². The van der Waals surface area contributed by atoms with Crippen LogP contribution in [0.3, 0.4) is 0 Å². The Balaban J connectivity index is 1.28. The van der Waals surface area contributed by atoms with Gasteiger partial charge >= 0.3 is 6.09 Å². The molecule has 2 unspecified atom stereocenters. The minimum absolute atomic E-state index is 0.00239. The Morgan fingerprint density at radius 2 is 1.54 bits per heavy atom. The largest absolute Gasteiger partial charge is 0.446 e. The number of aliphatic hydroxyl groups excluding tert-OH is 1. The van der Waals surface area contributed by atoms with E-state index < -0.39 is 6.23 Å². The van der Waals surface area contributed by atoms with E-state index in [0.29, 0.717) is 65.6 Å². The fourth-order valence-corrected chi connectivity index (χ4v) is 3.79. The second-order valence-electron chi connectivity index (χ2n) is 8.90. The third-order valence-corrected chi connectivity index (χ3v) is 5.84. The van der Waals surface area contributed by atoms with E-state index in [1.54, 1.807) is 0 Å². The predicted molar refractivity (Wildman–Crippen MR) is 137 cm³/mol. The summed E-state index contributed by atoms with van der Waals surface area (Å²) >= 11 is 0. The van der Waals surface area contributed by atoms with Crippen LogP contribution in [0.15, 0.2) is 24.3 Å². The molecule has 3 N–H and O–H groups in total. The summed E-state index contributed by atoms with van der Waals surface area (Å²) in [7, 11) is 0. The second-order valence-corrected chi connectivity index (χ2v) is 8.90. The van der Waals surface area contributed by atoms with Crippen LogP contribution in [0.25, 0.3) is 0 Å². The SMILES string of the molecule is O=C(NCCCOCCOCCOCCCNC(O)CCN1C(=O)C=CC1=O)OC1CC/C=C/CCC1. The van der Waals surface area contributed by atoms with Gasteiger partial charge in [0.05, 0.1) is 26.4 Å². The van der Waals surface area contributed by atoms with Gasteiger partial charge in [-0.15, -0.1) is 0 Å². The standard InChI is InChI=1S/C26H43N3O8/c30-23(12-15-29-24(31)10-11-25(29)32)27-13-6-16-34-18-20-36-21-19-35-17-7-14-28-26(33)37-22-8-4-2-1-3-5-9-22/h1-2,10-11,22-23,27,30H,3-9,12-21H2,(H,28,33)/b2-1+. The average molecular weight is 526 g/mol. The van der Waals surface area contributed by atoms with Crippen LogP contribution in [0, 0.1) is 0 Å². The monoisotopic (exact) mass is 525 g/mol. The molecule has 11 nitrogen and oxygen atoms in total. The third-order valence-electron chi connectivity index (χ3n) is 5.84. The first kappa shape index (κ1) is 30.9. The van der Waals surface area contributed by atoms with Crippen molar-refractivity contribution in [2.45, 2.75) is 63.7 Å². The Morgan fingerprint density at radius 1 is 0.919 bits per heavy atom. The van der Waals surface area contributed by atoms with Crippen LogP contribution in [0.4, 0.5) is 4.79 Å². The Morgan fingerprint density at radius 3 is 2.24 bits per heavy atom. The van der Waals surface area contributed by atoms with E-state index in [-0.39, 0.29) is 37.0 Å². The maximum absolute atomic E-state index is 11.9. The lowest BCUT2D eigenvalue weighted by atomic mass is 10.0. The Kier molecular flexibility index (Phi) is 16.5. The zero-order valence-electron chi connectivity index (χ0n) is 21.7. The Labute approximate surface area is 219 Å². The van der Waals surface area contributed by atoms with Gasteiger partial charge in [-0.1, -0.05) is 12.2 Å². The number of ether oxygens (including phenoxy) is 4. The van der Waals surface area contributed by atoms with Crippen LogP contribution in [0.5, 0.6) is 0 Å². The molecule has 3 amide bonds. The van der Waals surface area contributed by atoms with Crippen molar-refractivity contribution >= 4 is 17.9 Å². The fraction of sp³-hybridized carbons (Fsp3) is 0.731. The number of aliphatic hydroxyl groups is 1. The number of nitrogens with one attached hydrogen (secondary N) is 2. The molecule has 1 heterocycles. The average Bonchev–Trinajstić information content (AvgIpc) is 3.18. The van der Waals surface area contributed by atoms with Gasteiger partial charge in [0.15, 0.2) is 0 Å². The number of rotatable bonds is 19. The number of amides is 3. The van der Waals surface area contributed by atoms with Gasteiger partial charge in [-0.2, -0.15) is 0 Å². The molecule has 0 radical (unpaired) electrons. The molecular weight excluding hydrogens is 482 g/mol. The molecule has 2 rings (SSSR count). The highest BCUT2D eigenvalue weighted by atomic mass is 16.6. The summed E-state index contributed by atoms with van der Waals surface area (Å²) in [6.07, 6.45) is 12.2. The van der Waals surface area contributed by atoms with E-state index >= 15 is 0 Å². The van der Waals surface area contributed by atoms with Crippen LogP contribution < -0.4 is 10.6 Å². The van der Waals surface area contributed by atoms with Crippen molar-refractivity contribution in [2.24, 2.45) is 0 Å². The first-order valence-corrected chi connectivity index (χ1v) is 13.3. The van der Waals surface area contributed by atoms with E-state index in [1.807, 2.05) is 0 Å². The first-order chi connectivity index (χ1) is 18.1. The quantitative estimate of drug-likeness (QED) is 0.0995. The van der Waals surface area contributed by atoms with Gasteiger partial charge < -0.3 is 29.4 Å². The van der Waals surface area contributed by atoms with Gasteiger partial charge in [-0.05, 0) is 51.5 Å². The van der Waals surface area contributed by atoms with E-state index in [9.17, 15) is 19.5 Å². The fourth-order valence-electron chi connectivity index (χ4n) is 3.79. The first-order valence-electron chi connectivity index (χ1n) is 13.3. The molecule has 1 aliphatic heterocycles. The number of hydrogen-bond donors (Lipinski definition) is 3. The number of alkyl carbamates (subject to hydrolysis) is 1. The third kappa shape index (κ3) is 14.9. The molecule has 0 saturated heterocycles. The van der Waals surface area contributed by atoms with Crippen LogP contribution in [0.1, 0.15) is 51.4 Å². The van der Waals surface area contributed by atoms with E-state index in [1.165, 1.54) is 12.2 Å². The molecule has 0 aromatic carbocycles. The summed E-state index contributed by atoms with van der Waals surface area (Å²) in [5.41, 5.74) is 0. The second kappa shape index (κ2) is 19.8. The van der Waals surface area contributed by atoms with Crippen LogP contribution in [-0.4, -0.2) is 99.5 Å². The highest BCUT2D eigenvalue weighted by molar-refractivity contribution is 6.12. The number of imide groups is 1. The zero-order chi connectivity index (χ0) is 26.6. The van der Waals surface area contributed by atoms with Gasteiger partial charge in [0.1, 0.15) is 12.3 Å². The highest BCUT2D eigenvalue weighted by Gasteiger charge is 2.23. The summed E-state index contributed by atoms with van der Waals surface area (Å²) in [6, 6.07) is 0. The van der Waals surface area contributed by atoms with Crippen molar-refractivity contribution in [1.29, 1.82) is 0 Å². The lowest BCUT2D eigenvalue weighted by Crippen LogP contribution is -2.37. The zero-order valence-corrected chi connectivity index (χ0v) is 21.7. The lowest BCUT2D eigenvalue weighted by Gasteiger charge is -2.18. The van der Waals surface area contributed by atoms with E-state index in [2.05, 4.69) is 22.8 Å². The minimum atomic E-state index is -0.789. The molecule has 210 valence electrons. The van der Waals surface area contributed by atoms with Gasteiger partial charge in [0.2, 0.25) is 0 Å². The van der Waals surface area contributed by atoms with Crippen molar-refractivity contribution in [3.05, 3.63) is 24.3 Å². The summed E-state index contributed by atoms with van der Waals surface area (Å²) in [5, 5.41) is 15.6. The van der Waals surface area contributed by atoms with Crippen molar-refractivity contribution in [2.75, 3.05) is 59.3 Å². The summed E-state index contributed by atoms with van der Waals surface area (Å²) in [6.45, 7) is 4.21. The minimum Gasteiger partial charge on any atom is -0.446 e. The van der Waals surface area contributed by atoms with Crippen LogP contribution >= 0.6 is 0 Å². The molecule has 37 heavy (non-hydrogen) atoms. The lowest BCUT2D eigenvalue weighted by molar-refractivity contribution is -0.137. The van der Waals surface area contributed by atoms with Gasteiger partial charge in [-0.3, -0.25) is 19.8 Å². The number of nitrogens with zero attached hydrogens (tertiary/aromatic N) is 1. The van der Waals surface area contributed by atoms with Gasteiger partial charge in [-0.25, -0.2) is 4.79 Å². The molecule has 0 aromatic heterocycles. The molecule has 1 aliphatic carbocycles. The molecule has 0 aromatic rings. The predicted octanol–water partition coefficient (Wildman–Crippen LogP) is 1.65. The van der Waals surface area contributed by atoms with Crippen LogP contribution in [0.2, 0.25) is 0 Å². The van der Waals surface area contributed by atoms with Crippen molar-refractivity contribution in [3.8, 4) is 0 Å². The van der Waals surface area contributed by atoms with E-state index in [4.69, 9.17) is 18.9 Å². The molecule has 0 spiro atoms. The maximum Gasteiger partial charge on any atom is 0.407 e. The maximum atomic E-state index is 11.9. The molecule has 0 saturated carbocycles. The molecule has 0 fully saturated rings. The van der Waals surface area contributed by atoms with Crippen LogP contribution in [-0.2, 0) is 28.5 Å². The number of carbonyl (C=O) groups is 3.